The summed E-state index contributed by atoms with van der Waals surface area (Å²) in [5.74, 6) is -0.0438. The van der Waals surface area contributed by atoms with Crippen LogP contribution < -0.4 is 10.6 Å². The molecule has 1 aromatic heterocycles. The largest absolute Gasteiger partial charge is 0.356 e. The molecule has 1 aliphatic heterocycles. The zero-order valence-electron chi connectivity index (χ0n) is 16.1. The summed E-state index contributed by atoms with van der Waals surface area (Å²) < 4.78 is 0. The van der Waals surface area contributed by atoms with Gasteiger partial charge in [-0.2, -0.15) is 0 Å². The minimum atomic E-state index is -0.112. The van der Waals surface area contributed by atoms with Crippen molar-refractivity contribution in [1.29, 1.82) is 0 Å². The minimum absolute atomic E-state index is 0.0264. The van der Waals surface area contributed by atoms with E-state index in [0.717, 1.165) is 37.2 Å². The lowest BCUT2D eigenvalue weighted by Crippen LogP contribution is -2.31. The summed E-state index contributed by atoms with van der Waals surface area (Å²) in [6.45, 7) is 2.87. The number of amides is 2. The van der Waals surface area contributed by atoms with Gasteiger partial charge in [-0.05, 0) is 49.6 Å². The van der Waals surface area contributed by atoms with Gasteiger partial charge in [0.05, 0.1) is 0 Å². The highest BCUT2D eigenvalue weighted by molar-refractivity contribution is 5.92. The van der Waals surface area contributed by atoms with Crippen LogP contribution in [0.5, 0.6) is 0 Å². The van der Waals surface area contributed by atoms with Gasteiger partial charge in [-0.3, -0.25) is 19.5 Å². The lowest BCUT2D eigenvalue weighted by molar-refractivity contribution is -0.122. The Morgan fingerprint density at radius 2 is 2.00 bits per heavy atom. The molecule has 2 amide bonds. The Hall–Kier alpha value is -2.73. The molecule has 0 spiro atoms. The third-order valence-electron chi connectivity index (χ3n) is 5.04. The van der Waals surface area contributed by atoms with E-state index in [1.165, 1.54) is 0 Å². The molecule has 1 saturated heterocycles. The van der Waals surface area contributed by atoms with Gasteiger partial charge in [0.2, 0.25) is 11.8 Å². The molecule has 1 aromatic carbocycles. The van der Waals surface area contributed by atoms with Crippen LogP contribution >= 0.6 is 0 Å². The number of nitrogens with one attached hydrogen (secondary N) is 2. The Morgan fingerprint density at radius 3 is 2.79 bits per heavy atom. The fraction of sp³-hybridized carbons (Fsp3) is 0.409. The first kappa shape index (κ1) is 20.0. The van der Waals surface area contributed by atoms with Gasteiger partial charge in [-0.25, -0.2) is 0 Å². The molecule has 148 valence electrons. The van der Waals surface area contributed by atoms with Gasteiger partial charge in [-0.15, -0.1) is 0 Å². The maximum absolute atomic E-state index is 12.7. The second kappa shape index (κ2) is 10.6. The maximum Gasteiger partial charge on any atom is 0.227 e. The van der Waals surface area contributed by atoms with Crippen LogP contribution in [-0.2, 0) is 16.1 Å². The first-order valence-electron chi connectivity index (χ1n) is 9.94. The van der Waals surface area contributed by atoms with E-state index < -0.39 is 0 Å². The third-order valence-corrected chi connectivity index (χ3v) is 5.04. The van der Waals surface area contributed by atoms with E-state index in [1.54, 1.807) is 6.20 Å². The number of aromatic nitrogens is 1. The number of carbonyl (C=O) groups is 2. The summed E-state index contributed by atoms with van der Waals surface area (Å²) in [4.78, 5) is 31.3. The molecule has 3 rings (SSSR count). The molecule has 1 aliphatic rings. The van der Waals surface area contributed by atoms with E-state index in [4.69, 9.17) is 0 Å². The van der Waals surface area contributed by atoms with Crippen LogP contribution in [0.15, 0.2) is 54.9 Å². The maximum atomic E-state index is 12.7. The molecule has 2 heterocycles. The lowest BCUT2D eigenvalue weighted by atomic mass is 9.98. The van der Waals surface area contributed by atoms with Crippen molar-refractivity contribution >= 4 is 17.5 Å². The summed E-state index contributed by atoms with van der Waals surface area (Å²) in [6, 6.07) is 13.5. The van der Waals surface area contributed by atoms with E-state index in [-0.39, 0.29) is 17.7 Å². The van der Waals surface area contributed by atoms with Crippen LogP contribution in [0.3, 0.4) is 0 Å². The van der Waals surface area contributed by atoms with Crippen molar-refractivity contribution in [3.05, 3.63) is 60.4 Å². The van der Waals surface area contributed by atoms with Gasteiger partial charge in [0.15, 0.2) is 0 Å². The Morgan fingerprint density at radius 1 is 1.14 bits per heavy atom. The first-order chi connectivity index (χ1) is 13.7. The molecule has 0 radical (unpaired) electrons. The highest BCUT2D eigenvalue weighted by Crippen LogP contribution is 2.17. The van der Waals surface area contributed by atoms with Gasteiger partial charge >= 0.3 is 0 Å². The van der Waals surface area contributed by atoms with Crippen molar-refractivity contribution in [3.63, 3.8) is 0 Å². The molecule has 1 atom stereocenters. The fourth-order valence-corrected chi connectivity index (χ4v) is 3.49. The van der Waals surface area contributed by atoms with Gasteiger partial charge in [0.1, 0.15) is 0 Å². The molecule has 6 nitrogen and oxygen atoms in total. The summed E-state index contributed by atoms with van der Waals surface area (Å²) in [7, 11) is 0. The van der Waals surface area contributed by atoms with Crippen LogP contribution in [0.2, 0.25) is 0 Å². The number of pyridine rings is 1. The number of carbonyl (C=O) groups excluding carboxylic acids is 2. The van der Waals surface area contributed by atoms with Gasteiger partial charge in [0.25, 0.3) is 0 Å². The monoisotopic (exact) mass is 380 g/mol. The fourth-order valence-electron chi connectivity index (χ4n) is 3.49. The molecule has 1 fully saturated rings. The molecule has 28 heavy (non-hydrogen) atoms. The van der Waals surface area contributed by atoms with E-state index in [9.17, 15) is 9.59 Å². The minimum Gasteiger partial charge on any atom is -0.356 e. The second-order valence-electron chi connectivity index (χ2n) is 7.22. The van der Waals surface area contributed by atoms with E-state index >= 15 is 0 Å². The molecule has 2 aromatic rings. The number of anilines is 1. The zero-order chi connectivity index (χ0) is 19.6. The molecule has 6 heteroatoms. The Balaban J connectivity index is 1.60. The van der Waals surface area contributed by atoms with E-state index in [1.807, 2.05) is 48.7 Å². The Labute approximate surface area is 166 Å². The Kier molecular flexibility index (Phi) is 7.55. The third kappa shape index (κ3) is 6.46. The predicted molar refractivity (Wildman–Crippen MR) is 110 cm³/mol. The van der Waals surface area contributed by atoms with Crippen molar-refractivity contribution in [2.75, 3.05) is 25.0 Å². The molecule has 2 N–H and O–H groups in total. The molecular weight excluding hydrogens is 352 g/mol. The average Bonchev–Trinajstić information content (AvgIpc) is 2.75. The molecule has 0 saturated carbocycles. The number of hydrogen-bond donors (Lipinski definition) is 2. The summed E-state index contributed by atoms with van der Waals surface area (Å²) in [5.41, 5.74) is 1.94. The number of nitrogens with zero attached hydrogens (tertiary/aromatic N) is 2. The normalized spacial score (nSPS) is 19.3. The number of rotatable bonds is 4. The highest BCUT2D eigenvalue weighted by atomic mass is 16.2. The van der Waals surface area contributed by atoms with Crippen LogP contribution in [0.4, 0.5) is 5.69 Å². The van der Waals surface area contributed by atoms with Crippen LogP contribution in [0.25, 0.3) is 0 Å². The van der Waals surface area contributed by atoms with Gasteiger partial charge in [-0.1, -0.05) is 24.3 Å². The quantitative estimate of drug-likeness (QED) is 0.855. The first-order valence-corrected chi connectivity index (χ1v) is 9.94. The van der Waals surface area contributed by atoms with Crippen LogP contribution in [0, 0.1) is 5.92 Å². The Bertz CT molecular complexity index is 752. The summed E-state index contributed by atoms with van der Waals surface area (Å²) in [5, 5.41) is 5.96. The van der Waals surface area contributed by atoms with Crippen LogP contribution in [-0.4, -0.2) is 41.3 Å². The number of para-hydroxylation sites is 1. The lowest BCUT2D eigenvalue weighted by Gasteiger charge is -2.22. The standard InChI is InChI=1S/C22H28N4O2/c27-21-11-15-26(17-18-6-4-12-23-16-18)14-5-7-19(10-13-24-21)22(28)25-20-8-2-1-3-9-20/h1-4,6,8-9,12,16,19H,5,7,10-11,13-15,17H2,(H,24,27)(H,25,28). The van der Waals surface area contributed by atoms with E-state index in [2.05, 4.69) is 20.5 Å². The van der Waals surface area contributed by atoms with Gasteiger partial charge < -0.3 is 10.6 Å². The van der Waals surface area contributed by atoms with Crippen molar-refractivity contribution < 1.29 is 9.59 Å². The van der Waals surface area contributed by atoms with Crippen molar-refractivity contribution in [1.82, 2.24) is 15.2 Å². The predicted octanol–water partition coefficient (Wildman–Crippen LogP) is 2.83. The molecule has 0 bridgehead atoms. The summed E-state index contributed by atoms with van der Waals surface area (Å²) >= 11 is 0. The van der Waals surface area contributed by atoms with Crippen molar-refractivity contribution in [3.8, 4) is 0 Å². The van der Waals surface area contributed by atoms with E-state index in [0.29, 0.717) is 25.9 Å². The van der Waals surface area contributed by atoms with Gasteiger partial charge in [0, 0.05) is 50.1 Å². The SMILES string of the molecule is O=C1CCN(Cc2cccnc2)CCCC(C(=O)Nc2ccccc2)CCN1. The molecule has 0 aliphatic carbocycles. The van der Waals surface area contributed by atoms with Crippen LogP contribution in [0.1, 0.15) is 31.2 Å². The smallest absolute Gasteiger partial charge is 0.227 e. The topological polar surface area (TPSA) is 74.3 Å². The number of hydrogen-bond acceptors (Lipinski definition) is 4. The van der Waals surface area contributed by atoms with Crippen molar-refractivity contribution in [2.45, 2.75) is 32.2 Å². The summed E-state index contributed by atoms with van der Waals surface area (Å²) in [6.07, 6.45) is 6.48. The van der Waals surface area contributed by atoms with Crippen molar-refractivity contribution in [2.24, 2.45) is 5.92 Å². The molecule has 1 unspecified atom stereocenters. The average molecular weight is 380 g/mol. The zero-order valence-corrected chi connectivity index (χ0v) is 16.1. The second-order valence-corrected chi connectivity index (χ2v) is 7.22. The number of benzene rings is 1. The highest BCUT2D eigenvalue weighted by Gasteiger charge is 2.20. The molecular formula is C22H28N4O2.